The van der Waals surface area contributed by atoms with E-state index in [1.54, 1.807) is 10.9 Å². The number of fused-ring (bicyclic) bond motifs is 2. The van der Waals surface area contributed by atoms with E-state index < -0.39 is 0 Å². The molecule has 0 fully saturated rings. The molecule has 7 nitrogen and oxygen atoms in total. The smallest absolute Gasteiger partial charge is 0.132 e. The highest BCUT2D eigenvalue weighted by Crippen LogP contribution is 2.31. The van der Waals surface area contributed by atoms with Gasteiger partial charge in [0, 0.05) is 17.1 Å². The Labute approximate surface area is 188 Å². The van der Waals surface area contributed by atoms with Crippen LogP contribution in [0.25, 0.3) is 38.9 Å². The molecular weight excluding hydrogens is 422 g/mol. The number of benzene rings is 3. The van der Waals surface area contributed by atoms with Crippen molar-refractivity contribution in [1.82, 2.24) is 35.0 Å². The molecular formula is C24H18ClN7. The Morgan fingerprint density at radius 1 is 1.00 bits per heavy atom. The number of halogens is 1. The lowest BCUT2D eigenvalue weighted by molar-refractivity contribution is 0.694. The molecule has 3 aromatic carbocycles. The molecule has 6 aromatic rings. The van der Waals surface area contributed by atoms with Gasteiger partial charge < -0.3 is 0 Å². The molecule has 0 spiro atoms. The Hall–Kier alpha value is -3.97. The first-order chi connectivity index (χ1) is 15.7. The lowest BCUT2D eigenvalue weighted by atomic mass is 10.1. The summed E-state index contributed by atoms with van der Waals surface area (Å²) in [6, 6.07) is 20.4. The van der Waals surface area contributed by atoms with Gasteiger partial charge in [-0.3, -0.25) is 9.78 Å². The van der Waals surface area contributed by atoms with Gasteiger partial charge in [0.1, 0.15) is 5.52 Å². The van der Waals surface area contributed by atoms with Crippen molar-refractivity contribution in [1.29, 1.82) is 0 Å². The first-order valence-corrected chi connectivity index (χ1v) is 10.6. The van der Waals surface area contributed by atoms with Crippen molar-refractivity contribution in [3.8, 4) is 16.9 Å². The average Bonchev–Trinajstić information content (AvgIpc) is 3.54. The van der Waals surface area contributed by atoms with Crippen molar-refractivity contribution < 1.29 is 0 Å². The Kier molecular flexibility index (Phi) is 4.29. The van der Waals surface area contributed by atoms with Crippen LogP contribution in [-0.4, -0.2) is 35.0 Å². The minimum Gasteiger partial charge on any atom is -0.278 e. The first kappa shape index (κ1) is 18.8. The van der Waals surface area contributed by atoms with Crippen molar-refractivity contribution in [2.24, 2.45) is 0 Å². The second kappa shape index (κ2) is 7.32. The number of H-pyrrole nitrogens is 1. The van der Waals surface area contributed by atoms with E-state index in [1.165, 1.54) is 11.1 Å². The molecule has 3 heterocycles. The van der Waals surface area contributed by atoms with E-state index in [4.69, 9.17) is 11.6 Å². The van der Waals surface area contributed by atoms with E-state index in [-0.39, 0.29) is 0 Å². The van der Waals surface area contributed by atoms with Crippen LogP contribution >= 0.6 is 11.6 Å². The SMILES string of the molecule is Cc1ccc(Cn2nccc2-c2cc(Cl)c3nnn(-c4ccc5cn[nH]c5c4)c3c2)cc1. The van der Waals surface area contributed by atoms with Crippen LogP contribution in [0.1, 0.15) is 11.1 Å². The predicted octanol–water partition coefficient (Wildman–Crippen LogP) is 5.17. The van der Waals surface area contributed by atoms with E-state index in [0.29, 0.717) is 17.1 Å². The van der Waals surface area contributed by atoms with Gasteiger partial charge in [-0.25, -0.2) is 4.68 Å². The minimum absolute atomic E-state index is 0.550. The predicted molar refractivity (Wildman–Crippen MR) is 125 cm³/mol. The summed E-state index contributed by atoms with van der Waals surface area (Å²) in [5, 5.41) is 21.9. The molecule has 0 aliphatic heterocycles. The monoisotopic (exact) mass is 439 g/mol. The van der Waals surface area contributed by atoms with Crippen LogP contribution in [-0.2, 0) is 6.54 Å². The number of hydrogen-bond acceptors (Lipinski definition) is 4. The number of nitrogens with zero attached hydrogens (tertiary/aromatic N) is 6. The van der Waals surface area contributed by atoms with Crippen molar-refractivity contribution in [3.05, 3.63) is 89.2 Å². The average molecular weight is 440 g/mol. The van der Waals surface area contributed by atoms with Crippen LogP contribution in [0.5, 0.6) is 0 Å². The highest BCUT2D eigenvalue weighted by molar-refractivity contribution is 6.35. The number of nitrogens with one attached hydrogen (secondary N) is 1. The summed E-state index contributed by atoms with van der Waals surface area (Å²) < 4.78 is 3.78. The summed E-state index contributed by atoms with van der Waals surface area (Å²) in [6.07, 6.45) is 3.60. The van der Waals surface area contributed by atoms with Crippen LogP contribution in [0.15, 0.2) is 73.1 Å². The number of aromatic amines is 1. The lowest BCUT2D eigenvalue weighted by Gasteiger charge is -2.10. The van der Waals surface area contributed by atoms with Crippen molar-refractivity contribution in [2.45, 2.75) is 13.5 Å². The minimum atomic E-state index is 0.550. The Morgan fingerprint density at radius 2 is 1.88 bits per heavy atom. The Balaban J connectivity index is 1.45. The van der Waals surface area contributed by atoms with Gasteiger partial charge in [-0.1, -0.05) is 46.6 Å². The van der Waals surface area contributed by atoms with Crippen molar-refractivity contribution in [2.75, 3.05) is 0 Å². The highest BCUT2D eigenvalue weighted by Gasteiger charge is 2.15. The number of aromatic nitrogens is 7. The van der Waals surface area contributed by atoms with E-state index in [1.807, 2.05) is 41.2 Å². The van der Waals surface area contributed by atoms with Crippen LogP contribution < -0.4 is 0 Å². The summed E-state index contributed by atoms with van der Waals surface area (Å²) >= 11 is 6.63. The van der Waals surface area contributed by atoms with Gasteiger partial charge in [-0.05, 0) is 48.9 Å². The zero-order chi connectivity index (χ0) is 21.7. The topological polar surface area (TPSA) is 77.2 Å². The van der Waals surface area contributed by atoms with Gasteiger partial charge in [0.25, 0.3) is 0 Å². The molecule has 156 valence electrons. The first-order valence-electron chi connectivity index (χ1n) is 10.2. The maximum absolute atomic E-state index is 6.63. The lowest BCUT2D eigenvalue weighted by Crippen LogP contribution is -2.04. The molecule has 0 unspecified atom stereocenters. The summed E-state index contributed by atoms with van der Waals surface area (Å²) in [5.41, 5.74) is 7.66. The molecule has 0 saturated heterocycles. The molecule has 0 radical (unpaired) electrons. The number of rotatable bonds is 4. The maximum atomic E-state index is 6.63. The quantitative estimate of drug-likeness (QED) is 0.411. The molecule has 0 saturated carbocycles. The third-order valence-corrected chi connectivity index (χ3v) is 5.93. The molecule has 0 atom stereocenters. The molecule has 6 rings (SSSR count). The largest absolute Gasteiger partial charge is 0.278 e. The van der Waals surface area contributed by atoms with Gasteiger partial charge in [0.2, 0.25) is 0 Å². The molecule has 0 bridgehead atoms. The van der Waals surface area contributed by atoms with Gasteiger partial charge in [0.15, 0.2) is 0 Å². The fourth-order valence-electron chi connectivity index (χ4n) is 3.95. The standard InChI is InChI=1S/C24H18ClN7/c1-15-2-4-16(5-3-15)14-31-22(8-9-27-31)18-10-20(25)24-23(11-18)32(30-29-24)19-7-6-17-13-26-28-21(17)12-19/h2-13H,14H2,1H3,(H,26,28). The summed E-state index contributed by atoms with van der Waals surface area (Å²) in [6.45, 7) is 2.76. The Morgan fingerprint density at radius 3 is 2.75 bits per heavy atom. The van der Waals surface area contributed by atoms with Crippen molar-refractivity contribution in [3.63, 3.8) is 0 Å². The molecule has 32 heavy (non-hydrogen) atoms. The zero-order valence-electron chi connectivity index (χ0n) is 17.2. The van der Waals surface area contributed by atoms with Gasteiger partial charge in [-0.15, -0.1) is 5.10 Å². The molecule has 8 heteroatoms. The normalized spacial score (nSPS) is 11.6. The van der Waals surface area contributed by atoms with E-state index >= 15 is 0 Å². The second-order valence-corrected chi connectivity index (χ2v) is 8.24. The van der Waals surface area contributed by atoms with E-state index in [9.17, 15) is 0 Å². The third-order valence-electron chi connectivity index (χ3n) is 5.64. The summed E-state index contributed by atoms with van der Waals surface area (Å²) in [5.74, 6) is 0. The Bertz CT molecular complexity index is 1570. The molecule has 0 amide bonds. The van der Waals surface area contributed by atoms with Gasteiger partial charge in [0.05, 0.1) is 40.2 Å². The van der Waals surface area contributed by atoms with Crippen LogP contribution in [0.2, 0.25) is 5.02 Å². The van der Waals surface area contributed by atoms with Crippen LogP contribution in [0.3, 0.4) is 0 Å². The van der Waals surface area contributed by atoms with Gasteiger partial charge >= 0.3 is 0 Å². The summed E-state index contributed by atoms with van der Waals surface area (Å²) in [7, 11) is 0. The van der Waals surface area contributed by atoms with E-state index in [0.717, 1.165) is 33.4 Å². The fraction of sp³-hybridized carbons (Fsp3) is 0.0833. The number of hydrogen-bond donors (Lipinski definition) is 1. The molecule has 0 aliphatic rings. The summed E-state index contributed by atoms with van der Waals surface area (Å²) in [4.78, 5) is 0. The molecule has 0 aliphatic carbocycles. The second-order valence-electron chi connectivity index (χ2n) is 7.83. The highest BCUT2D eigenvalue weighted by atomic mass is 35.5. The number of aryl methyl sites for hydroxylation is 1. The van der Waals surface area contributed by atoms with Gasteiger partial charge in [-0.2, -0.15) is 10.2 Å². The third kappa shape index (κ3) is 3.14. The maximum Gasteiger partial charge on any atom is 0.132 e. The fourth-order valence-corrected chi connectivity index (χ4v) is 4.20. The van der Waals surface area contributed by atoms with E-state index in [2.05, 4.69) is 62.9 Å². The van der Waals surface area contributed by atoms with Crippen LogP contribution in [0, 0.1) is 6.92 Å². The molecule has 3 aromatic heterocycles. The van der Waals surface area contributed by atoms with Crippen molar-refractivity contribution >= 4 is 33.5 Å². The van der Waals surface area contributed by atoms with Crippen LogP contribution in [0.4, 0.5) is 0 Å². The molecule has 1 N–H and O–H groups in total. The zero-order valence-corrected chi connectivity index (χ0v) is 18.0.